The van der Waals surface area contributed by atoms with Crippen molar-refractivity contribution in [3.05, 3.63) is 17.5 Å². The summed E-state index contributed by atoms with van der Waals surface area (Å²) < 4.78 is 0. The molecule has 0 radical (unpaired) electrons. The van der Waals surface area contributed by atoms with Crippen molar-refractivity contribution < 1.29 is 0 Å². The molecule has 0 spiro atoms. The van der Waals surface area contributed by atoms with Crippen molar-refractivity contribution in [2.75, 3.05) is 31.1 Å². The van der Waals surface area contributed by atoms with Gasteiger partial charge in [0.1, 0.15) is 0 Å². The van der Waals surface area contributed by atoms with Crippen LogP contribution in [0.15, 0.2) is 17.5 Å². The maximum atomic E-state index is 5.64. The van der Waals surface area contributed by atoms with Crippen molar-refractivity contribution in [3.8, 4) is 9.88 Å². The molecule has 1 saturated heterocycles. The molecule has 1 aliphatic heterocycles. The van der Waals surface area contributed by atoms with Gasteiger partial charge < -0.3 is 15.1 Å². The monoisotopic (exact) mass is 393 g/mol. The van der Waals surface area contributed by atoms with Gasteiger partial charge in [0.25, 0.3) is 0 Å². The number of thiocarbonyl (C=S) groups is 1. The molecule has 0 aromatic carbocycles. The van der Waals surface area contributed by atoms with E-state index in [9.17, 15) is 0 Å². The summed E-state index contributed by atoms with van der Waals surface area (Å²) in [7, 11) is 0. The van der Waals surface area contributed by atoms with Crippen LogP contribution in [-0.4, -0.2) is 52.4 Å². The van der Waals surface area contributed by atoms with Crippen LogP contribution >= 0.6 is 34.9 Å². The van der Waals surface area contributed by atoms with E-state index < -0.39 is 0 Å². The van der Waals surface area contributed by atoms with Gasteiger partial charge in [0.2, 0.25) is 5.13 Å². The molecule has 3 heterocycles. The molecule has 2 aliphatic rings. The number of aromatic nitrogens is 2. The van der Waals surface area contributed by atoms with Gasteiger partial charge in [-0.05, 0) is 36.5 Å². The number of anilines is 1. The van der Waals surface area contributed by atoms with Crippen molar-refractivity contribution in [1.82, 2.24) is 20.4 Å². The number of thiophene rings is 1. The molecular weight excluding hydrogens is 370 g/mol. The zero-order valence-electron chi connectivity index (χ0n) is 14.2. The first-order valence-corrected chi connectivity index (χ1v) is 11.1. The summed E-state index contributed by atoms with van der Waals surface area (Å²) >= 11 is 9.04. The molecule has 0 bridgehead atoms. The number of rotatable bonds is 3. The van der Waals surface area contributed by atoms with Crippen LogP contribution in [0.1, 0.15) is 32.1 Å². The number of nitrogens with one attached hydrogen (secondary N) is 1. The van der Waals surface area contributed by atoms with E-state index in [-0.39, 0.29) is 0 Å². The molecule has 8 heteroatoms. The van der Waals surface area contributed by atoms with Crippen LogP contribution in [0.3, 0.4) is 0 Å². The Morgan fingerprint density at radius 2 is 1.92 bits per heavy atom. The fraction of sp³-hybridized carbons (Fsp3) is 0.588. The highest BCUT2D eigenvalue weighted by Gasteiger charge is 2.23. The van der Waals surface area contributed by atoms with Gasteiger partial charge in [0.05, 0.1) is 4.88 Å². The zero-order chi connectivity index (χ0) is 17.1. The smallest absolute Gasteiger partial charge is 0.208 e. The van der Waals surface area contributed by atoms with Crippen molar-refractivity contribution >= 4 is 45.1 Å². The van der Waals surface area contributed by atoms with Crippen LogP contribution in [0, 0.1) is 0 Å². The standard InChI is InChI=1S/C17H23N5S3/c23-16(18-13-5-2-1-3-6-13)21-8-10-22(11-9-21)17-20-19-15(25-17)14-7-4-12-24-14/h4,7,12-13H,1-3,5-6,8-11H2,(H,18,23). The van der Waals surface area contributed by atoms with Gasteiger partial charge in [-0.15, -0.1) is 21.5 Å². The van der Waals surface area contributed by atoms with Crippen molar-refractivity contribution in [1.29, 1.82) is 0 Å². The minimum Gasteiger partial charge on any atom is -0.360 e. The number of nitrogens with zero attached hydrogens (tertiary/aromatic N) is 4. The molecule has 5 nitrogen and oxygen atoms in total. The van der Waals surface area contributed by atoms with Crippen LogP contribution in [0.5, 0.6) is 0 Å². The highest BCUT2D eigenvalue weighted by molar-refractivity contribution is 7.80. The Bertz CT molecular complexity index is 685. The number of hydrogen-bond acceptors (Lipinski definition) is 6. The highest BCUT2D eigenvalue weighted by atomic mass is 32.1. The third kappa shape index (κ3) is 4.12. The predicted octanol–water partition coefficient (Wildman–Crippen LogP) is 3.60. The van der Waals surface area contributed by atoms with Crippen molar-refractivity contribution in [2.24, 2.45) is 0 Å². The summed E-state index contributed by atoms with van der Waals surface area (Å²) in [5.74, 6) is 0. The van der Waals surface area contributed by atoms with E-state index in [4.69, 9.17) is 12.2 Å². The third-order valence-corrected chi connectivity index (χ3v) is 7.32. The number of piperazine rings is 1. The first-order chi connectivity index (χ1) is 12.3. The van der Waals surface area contributed by atoms with E-state index in [1.165, 1.54) is 37.0 Å². The summed E-state index contributed by atoms with van der Waals surface area (Å²) in [6.07, 6.45) is 6.56. The van der Waals surface area contributed by atoms with Crippen LogP contribution < -0.4 is 10.2 Å². The SMILES string of the molecule is S=C(NC1CCCCC1)N1CCN(c2nnc(-c3cccs3)s2)CC1. The van der Waals surface area contributed by atoms with Crippen LogP contribution in [0.2, 0.25) is 0 Å². The van der Waals surface area contributed by atoms with Crippen LogP contribution in [-0.2, 0) is 0 Å². The Balaban J connectivity index is 1.30. The maximum absolute atomic E-state index is 5.64. The lowest BCUT2D eigenvalue weighted by Gasteiger charge is -2.37. The Labute approximate surface area is 162 Å². The van der Waals surface area contributed by atoms with E-state index >= 15 is 0 Å². The van der Waals surface area contributed by atoms with E-state index in [0.717, 1.165) is 41.4 Å². The zero-order valence-corrected chi connectivity index (χ0v) is 16.6. The number of hydrogen-bond donors (Lipinski definition) is 1. The Morgan fingerprint density at radius 1 is 1.12 bits per heavy atom. The molecule has 0 unspecified atom stereocenters. The first-order valence-electron chi connectivity index (χ1n) is 8.97. The van der Waals surface area contributed by atoms with E-state index in [2.05, 4.69) is 42.8 Å². The third-order valence-electron chi connectivity index (χ3n) is 4.92. The van der Waals surface area contributed by atoms with E-state index in [1.54, 1.807) is 22.7 Å². The summed E-state index contributed by atoms with van der Waals surface area (Å²) in [5.41, 5.74) is 0. The van der Waals surface area contributed by atoms with Gasteiger partial charge in [-0.1, -0.05) is 36.7 Å². The van der Waals surface area contributed by atoms with E-state index in [0.29, 0.717) is 6.04 Å². The predicted molar refractivity (Wildman–Crippen MR) is 110 cm³/mol. The molecule has 1 saturated carbocycles. The minimum absolute atomic E-state index is 0.579. The quantitative estimate of drug-likeness (QED) is 0.804. The normalized spacial score (nSPS) is 19.2. The van der Waals surface area contributed by atoms with Gasteiger partial charge >= 0.3 is 0 Å². The van der Waals surface area contributed by atoms with Crippen LogP contribution in [0.25, 0.3) is 9.88 Å². The fourth-order valence-corrected chi connectivity index (χ4v) is 5.49. The minimum atomic E-state index is 0.579. The van der Waals surface area contributed by atoms with Crippen molar-refractivity contribution in [2.45, 2.75) is 38.1 Å². The van der Waals surface area contributed by atoms with Crippen LogP contribution in [0.4, 0.5) is 5.13 Å². The summed E-state index contributed by atoms with van der Waals surface area (Å²) in [6.45, 7) is 3.80. The molecule has 0 atom stereocenters. The van der Waals surface area contributed by atoms with E-state index in [1.807, 2.05) is 0 Å². The maximum Gasteiger partial charge on any atom is 0.208 e. The summed E-state index contributed by atoms with van der Waals surface area (Å²) in [5, 5.41) is 17.4. The Morgan fingerprint density at radius 3 is 2.64 bits per heavy atom. The summed E-state index contributed by atoms with van der Waals surface area (Å²) in [6, 6.07) is 4.73. The highest BCUT2D eigenvalue weighted by Crippen LogP contribution is 2.31. The lowest BCUT2D eigenvalue weighted by Crippen LogP contribution is -2.53. The second kappa shape index (κ2) is 7.97. The molecule has 134 valence electrons. The molecule has 2 aromatic rings. The molecule has 1 aliphatic carbocycles. The van der Waals surface area contributed by atoms with Gasteiger partial charge in [-0.25, -0.2) is 0 Å². The second-order valence-electron chi connectivity index (χ2n) is 6.63. The lowest BCUT2D eigenvalue weighted by molar-refractivity contribution is 0.354. The largest absolute Gasteiger partial charge is 0.360 e. The molecule has 25 heavy (non-hydrogen) atoms. The van der Waals surface area contributed by atoms with Gasteiger partial charge in [-0.2, -0.15) is 0 Å². The second-order valence-corrected chi connectivity index (χ2v) is 8.92. The Hall–Kier alpha value is -1.25. The summed E-state index contributed by atoms with van der Waals surface area (Å²) in [4.78, 5) is 5.83. The molecule has 1 N–H and O–H groups in total. The van der Waals surface area contributed by atoms with Gasteiger partial charge in [0, 0.05) is 32.2 Å². The molecular formula is C17H23N5S3. The Kier molecular flexibility index (Phi) is 5.48. The molecule has 0 amide bonds. The molecule has 2 fully saturated rings. The average Bonchev–Trinajstić information content (AvgIpc) is 3.34. The fourth-order valence-electron chi connectivity index (χ4n) is 3.46. The van der Waals surface area contributed by atoms with Gasteiger partial charge in [-0.3, -0.25) is 0 Å². The molecule has 4 rings (SSSR count). The lowest BCUT2D eigenvalue weighted by atomic mass is 9.96. The average molecular weight is 394 g/mol. The first kappa shape index (κ1) is 17.2. The molecule has 2 aromatic heterocycles. The topological polar surface area (TPSA) is 44.3 Å². The van der Waals surface area contributed by atoms with Crippen molar-refractivity contribution in [3.63, 3.8) is 0 Å². The van der Waals surface area contributed by atoms with Gasteiger partial charge in [0.15, 0.2) is 10.1 Å².